The normalized spacial score (nSPS) is 10.4. The Bertz CT molecular complexity index is 586. The molecule has 18 heavy (non-hydrogen) atoms. The van der Waals surface area contributed by atoms with Gasteiger partial charge in [-0.15, -0.1) is 5.10 Å². The summed E-state index contributed by atoms with van der Waals surface area (Å²) >= 11 is 13.0. The number of carbonyl (C=O) groups is 1. The van der Waals surface area contributed by atoms with E-state index in [1.807, 2.05) is 0 Å². The quantitative estimate of drug-likeness (QED) is 0.811. The molecule has 0 radical (unpaired) electrons. The molecular weight excluding hydrogens is 295 g/mol. The fourth-order valence-electron chi connectivity index (χ4n) is 1.37. The van der Waals surface area contributed by atoms with Crippen molar-refractivity contribution in [3.63, 3.8) is 0 Å². The van der Waals surface area contributed by atoms with Gasteiger partial charge in [0, 0.05) is 10.6 Å². The second kappa shape index (κ2) is 5.65. The molecule has 0 aliphatic rings. The summed E-state index contributed by atoms with van der Waals surface area (Å²) < 4.78 is 8.67. The zero-order valence-corrected chi connectivity index (χ0v) is 11.6. The van der Waals surface area contributed by atoms with Crippen molar-refractivity contribution in [1.82, 2.24) is 9.59 Å². The highest BCUT2D eigenvalue weighted by Gasteiger charge is 2.20. The van der Waals surface area contributed by atoms with Gasteiger partial charge in [0.2, 0.25) is 0 Å². The highest BCUT2D eigenvalue weighted by molar-refractivity contribution is 7.09. The Hall–Kier alpha value is -1.17. The first-order chi connectivity index (χ1) is 8.63. The van der Waals surface area contributed by atoms with Crippen molar-refractivity contribution in [1.29, 1.82) is 0 Å². The molecule has 1 heterocycles. The maximum Gasteiger partial charge on any atom is 0.360 e. The van der Waals surface area contributed by atoms with Crippen LogP contribution in [0.15, 0.2) is 18.2 Å². The van der Waals surface area contributed by atoms with Gasteiger partial charge in [-0.1, -0.05) is 33.8 Å². The second-order valence-electron chi connectivity index (χ2n) is 3.30. The lowest BCUT2D eigenvalue weighted by Gasteiger charge is -2.03. The van der Waals surface area contributed by atoms with Gasteiger partial charge in [-0.25, -0.2) is 4.79 Å². The molecule has 0 spiro atoms. The molecule has 94 valence electrons. The summed E-state index contributed by atoms with van der Waals surface area (Å²) in [6.45, 7) is 2.01. The minimum atomic E-state index is -0.507. The zero-order chi connectivity index (χ0) is 13.1. The summed E-state index contributed by atoms with van der Waals surface area (Å²) in [5, 5.41) is 4.75. The predicted molar refractivity (Wildman–Crippen MR) is 71.3 cm³/mol. The van der Waals surface area contributed by atoms with Gasteiger partial charge in [-0.3, -0.25) is 0 Å². The lowest BCUT2D eigenvalue weighted by molar-refractivity contribution is 0.0520. The molecule has 0 unspecified atom stereocenters. The topological polar surface area (TPSA) is 52.1 Å². The van der Waals surface area contributed by atoms with Gasteiger partial charge in [0.25, 0.3) is 0 Å². The number of esters is 1. The van der Waals surface area contributed by atoms with Crippen molar-refractivity contribution in [3.05, 3.63) is 33.9 Å². The van der Waals surface area contributed by atoms with Crippen molar-refractivity contribution in [3.8, 4) is 10.4 Å². The van der Waals surface area contributed by atoms with E-state index in [-0.39, 0.29) is 12.3 Å². The molecule has 0 amide bonds. The van der Waals surface area contributed by atoms with E-state index < -0.39 is 5.97 Å². The first-order valence-electron chi connectivity index (χ1n) is 5.08. The molecule has 0 bridgehead atoms. The Kier molecular flexibility index (Phi) is 4.16. The van der Waals surface area contributed by atoms with Crippen LogP contribution in [0.25, 0.3) is 10.4 Å². The number of benzene rings is 1. The summed E-state index contributed by atoms with van der Waals surface area (Å²) in [5.74, 6) is -0.507. The molecule has 7 heteroatoms. The van der Waals surface area contributed by atoms with E-state index in [4.69, 9.17) is 27.9 Å². The minimum Gasteiger partial charge on any atom is -0.461 e. The number of halogens is 2. The molecule has 0 aliphatic carbocycles. The van der Waals surface area contributed by atoms with Gasteiger partial charge in [-0.05, 0) is 30.6 Å². The average molecular weight is 303 g/mol. The van der Waals surface area contributed by atoms with E-state index in [1.165, 1.54) is 0 Å². The molecule has 0 fully saturated rings. The standard InChI is InChI=1S/C11H8Cl2N2O2S/c1-2-17-11(16)9-10(18-15-14-9)7-4-3-6(12)5-8(7)13/h3-5H,2H2,1H3. The van der Waals surface area contributed by atoms with E-state index in [2.05, 4.69) is 9.59 Å². The maximum absolute atomic E-state index is 11.7. The van der Waals surface area contributed by atoms with Crippen LogP contribution in [0, 0.1) is 0 Å². The zero-order valence-electron chi connectivity index (χ0n) is 9.31. The van der Waals surface area contributed by atoms with Gasteiger partial charge in [0.05, 0.1) is 16.5 Å². The third kappa shape index (κ3) is 2.63. The fraction of sp³-hybridized carbons (Fsp3) is 0.182. The molecule has 1 aromatic carbocycles. The highest BCUT2D eigenvalue weighted by Crippen LogP contribution is 2.34. The molecule has 0 aliphatic heterocycles. The predicted octanol–water partition coefficient (Wildman–Crippen LogP) is 3.69. The van der Waals surface area contributed by atoms with E-state index in [0.29, 0.717) is 20.5 Å². The van der Waals surface area contributed by atoms with Crippen LogP contribution in [0.4, 0.5) is 0 Å². The highest BCUT2D eigenvalue weighted by atomic mass is 35.5. The van der Waals surface area contributed by atoms with Crippen LogP contribution in [0.3, 0.4) is 0 Å². The summed E-state index contributed by atoms with van der Waals surface area (Å²) in [5.41, 5.74) is 0.838. The largest absolute Gasteiger partial charge is 0.461 e. The summed E-state index contributed by atoms with van der Waals surface area (Å²) in [7, 11) is 0. The molecular formula is C11H8Cl2N2O2S. The maximum atomic E-state index is 11.7. The molecule has 2 rings (SSSR count). The van der Waals surface area contributed by atoms with Crippen molar-refractivity contribution in [2.24, 2.45) is 0 Å². The monoisotopic (exact) mass is 302 g/mol. The van der Waals surface area contributed by atoms with Crippen LogP contribution in [0.1, 0.15) is 17.4 Å². The Morgan fingerprint density at radius 3 is 2.89 bits per heavy atom. The van der Waals surface area contributed by atoms with E-state index in [9.17, 15) is 4.79 Å². The smallest absolute Gasteiger partial charge is 0.360 e. The number of ether oxygens (including phenoxy) is 1. The number of aromatic nitrogens is 2. The van der Waals surface area contributed by atoms with Crippen LogP contribution < -0.4 is 0 Å². The van der Waals surface area contributed by atoms with Crippen LogP contribution in [0.5, 0.6) is 0 Å². The Labute approximate surface area is 118 Å². The van der Waals surface area contributed by atoms with Crippen molar-refractivity contribution < 1.29 is 9.53 Å². The number of hydrogen-bond acceptors (Lipinski definition) is 5. The third-order valence-electron chi connectivity index (χ3n) is 2.13. The van der Waals surface area contributed by atoms with Crippen molar-refractivity contribution in [2.45, 2.75) is 6.92 Å². The first-order valence-corrected chi connectivity index (χ1v) is 6.61. The Morgan fingerprint density at radius 1 is 1.44 bits per heavy atom. The number of rotatable bonds is 3. The van der Waals surface area contributed by atoms with Crippen molar-refractivity contribution in [2.75, 3.05) is 6.61 Å². The summed E-state index contributed by atoms with van der Waals surface area (Å²) in [6, 6.07) is 5.02. The number of carbonyl (C=O) groups excluding carboxylic acids is 1. The van der Waals surface area contributed by atoms with Gasteiger partial charge in [-0.2, -0.15) is 0 Å². The Morgan fingerprint density at radius 2 is 2.22 bits per heavy atom. The molecule has 4 nitrogen and oxygen atoms in total. The minimum absolute atomic E-state index is 0.172. The third-order valence-corrected chi connectivity index (χ3v) is 3.44. The van der Waals surface area contributed by atoms with Crippen LogP contribution >= 0.6 is 34.7 Å². The fourth-order valence-corrected chi connectivity index (χ4v) is 2.62. The SMILES string of the molecule is CCOC(=O)c1nnsc1-c1ccc(Cl)cc1Cl. The molecule has 0 saturated heterocycles. The van der Waals surface area contributed by atoms with E-state index in [0.717, 1.165) is 11.5 Å². The van der Waals surface area contributed by atoms with Gasteiger partial charge >= 0.3 is 5.97 Å². The summed E-state index contributed by atoms with van der Waals surface area (Å²) in [4.78, 5) is 12.3. The number of hydrogen-bond donors (Lipinski definition) is 0. The lowest BCUT2D eigenvalue weighted by atomic mass is 10.1. The van der Waals surface area contributed by atoms with Crippen LogP contribution in [-0.2, 0) is 4.74 Å². The van der Waals surface area contributed by atoms with Crippen molar-refractivity contribution >= 4 is 40.7 Å². The van der Waals surface area contributed by atoms with Crippen LogP contribution in [0.2, 0.25) is 10.0 Å². The van der Waals surface area contributed by atoms with Gasteiger partial charge in [0.15, 0.2) is 5.69 Å². The number of nitrogens with zero attached hydrogens (tertiary/aromatic N) is 2. The Balaban J connectivity index is 2.45. The van der Waals surface area contributed by atoms with Gasteiger partial charge in [0.1, 0.15) is 0 Å². The second-order valence-corrected chi connectivity index (χ2v) is 4.89. The van der Waals surface area contributed by atoms with Gasteiger partial charge < -0.3 is 4.74 Å². The first kappa shape index (κ1) is 13.3. The summed E-state index contributed by atoms with van der Waals surface area (Å²) in [6.07, 6.45) is 0. The van der Waals surface area contributed by atoms with E-state index >= 15 is 0 Å². The molecule has 2 aromatic rings. The molecule has 0 N–H and O–H groups in total. The molecule has 1 aromatic heterocycles. The average Bonchev–Trinajstić information content (AvgIpc) is 2.78. The van der Waals surface area contributed by atoms with Crippen LogP contribution in [-0.4, -0.2) is 22.2 Å². The molecule has 0 atom stereocenters. The van der Waals surface area contributed by atoms with E-state index in [1.54, 1.807) is 25.1 Å². The lowest BCUT2D eigenvalue weighted by Crippen LogP contribution is -2.06. The molecule has 0 saturated carbocycles.